The lowest BCUT2D eigenvalue weighted by Gasteiger charge is -2.37. The van der Waals surface area contributed by atoms with E-state index < -0.39 is 0 Å². The maximum Gasteiger partial charge on any atom is 0.180 e. The number of nitrogens with zero attached hydrogens (tertiary/aromatic N) is 2. The van der Waals surface area contributed by atoms with Gasteiger partial charge in [-0.2, -0.15) is 0 Å². The third-order valence-corrected chi connectivity index (χ3v) is 5.43. The van der Waals surface area contributed by atoms with Crippen LogP contribution < -0.4 is 5.73 Å². The molecule has 2 heterocycles. The first-order valence-corrected chi connectivity index (χ1v) is 8.18. The van der Waals surface area contributed by atoms with Gasteiger partial charge in [0, 0.05) is 29.6 Å². The number of thiazole rings is 1. The molecule has 0 radical (unpaired) electrons. The van der Waals surface area contributed by atoms with Crippen LogP contribution in [0.1, 0.15) is 43.4 Å². The Kier molecular flexibility index (Phi) is 4.05. The van der Waals surface area contributed by atoms with Crippen LogP contribution in [0, 0.1) is 5.92 Å². The number of hydrogen-bond acceptors (Lipinski definition) is 5. The van der Waals surface area contributed by atoms with E-state index in [1.54, 1.807) is 11.3 Å². The Bertz CT molecular complexity index is 423. The summed E-state index contributed by atoms with van der Waals surface area (Å²) >= 11 is 1.59. The molecule has 3 rings (SSSR count). The highest BCUT2D eigenvalue weighted by Gasteiger charge is 2.36. The molecule has 1 saturated carbocycles. The molecule has 5 heteroatoms. The van der Waals surface area contributed by atoms with Crippen molar-refractivity contribution in [3.05, 3.63) is 11.1 Å². The lowest BCUT2D eigenvalue weighted by molar-refractivity contribution is 0.0204. The van der Waals surface area contributed by atoms with Crippen LogP contribution in [0.3, 0.4) is 0 Å². The second-order valence-electron chi connectivity index (χ2n) is 5.86. The summed E-state index contributed by atoms with van der Waals surface area (Å²) in [5.74, 6) is 0.474. The van der Waals surface area contributed by atoms with Gasteiger partial charge in [-0.3, -0.25) is 4.90 Å². The molecule has 3 atom stereocenters. The zero-order valence-electron chi connectivity index (χ0n) is 11.3. The Morgan fingerprint density at radius 2 is 2.16 bits per heavy atom. The molecular formula is C14H23N3OS. The van der Waals surface area contributed by atoms with E-state index >= 15 is 0 Å². The molecule has 1 aromatic rings. The summed E-state index contributed by atoms with van der Waals surface area (Å²) in [7, 11) is 0. The van der Waals surface area contributed by atoms with Crippen LogP contribution in [0.25, 0.3) is 0 Å². The van der Waals surface area contributed by atoms with E-state index in [0.29, 0.717) is 17.1 Å². The molecule has 1 saturated heterocycles. The molecule has 2 fully saturated rings. The van der Waals surface area contributed by atoms with Crippen LogP contribution in [-0.4, -0.2) is 33.7 Å². The molecule has 19 heavy (non-hydrogen) atoms. The van der Waals surface area contributed by atoms with E-state index in [0.717, 1.165) is 19.5 Å². The summed E-state index contributed by atoms with van der Waals surface area (Å²) in [6, 6.07) is 0.554. The molecule has 0 amide bonds. The zero-order valence-corrected chi connectivity index (χ0v) is 12.1. The molecular weight excluding hydrogens is 258 g/mol. The number of rotatable bonds is 3. The number of aromatic nitrogens is 1. The Hall–Kier alpha value is -0.650. The lowest BCUT2D eigenvalue weighted by Crippen LogP contribution is -2.42. The third kappa shape index (κ3) is 2.93. The van der Waals surface area contributed by atoms with E-state index in [9.17, 15) is 5.11 Å². The normalized spacial score (nSPS) is 32.8. The Morgan fingerprint density at radius 1 is 1.32 bits per heavy atom. The molecule has 2 aliphatic rings. The van der Waals surface area contributed by atoms with Crippen molar-refractivity contribution in [3.8, 4) is 0 Å². The maximum atomic E-state index is 10.3. The number of likely N-dealkylation sites (tertiary alicyclic amines) is 1. The molecule has 3 unspecified atom stereocenters. The molecule has 0 spiro atoms. The zero-order chi connectivity index (χ0) is 13.2. The van der Waals surface area contributed by atoms with Crippen LogP contribution in [0.4, 0.5) is 5.13 Å². The van der Waals surface area contributed by atoms with Crippen molar-refractivity contribution in [2.45, 2.75) is 57.2 Å². The van der Waals surface area contributed by atoms with Crippen molar-refractivity contribution in [2.24, 2.45) is 5.92 Å². The van der Waals surface area contributed by atoms with Gasteiger partial charge in [0.05, 0.1) is 6.10 Å². The molecule has 4 nitrogen and oxygen atoms in total. The van der Waals surface area contributed by atoms with Gasteiger partial charge in [0.25, 0.3) is 0 Å². The number of nitrogen functional groups attached to an aromatic ring is 1. The van der Waals surface area contributed by atoms with E-state index in [1.165, 1.54) is 37.0 Å². The van der Waals surface area contributed by atoms with Crippen LogP contribution in [0.15, 0.2) is 6.20 Å². The Morgan fingerprint density at radius 3 is 2.89 bits per heavy atom. The van der Waals surface area contributed by atoms with Gasteiger partial charge in [0.2, 0.25) is 0 Å². The smallest absolute Gasteiger partial charge is 0.180 e. The fraction of sp³-hybridized carbons (Fsp3) is 0.786. The first kappa shape index (κ1) is 13.3. The highest BCUT2D eigenvalue weighted by Crippen LogP contribution is 2.35. The third-order valence-electron chi connectivity index (χ3n) is 4.62. The minimum atomic E-state index is -0.0918. The molecule has 0 aromatic carbocycles. The SMILES string of the molecule is Nc1ncc(CN2CCCC2C2CCCCC2O)s1. The fourth-order valence-electron chi connectivity index (χ4n) is 3.72. The standard InChI is InChI=1S/C14H23N3OS/c15-14-16-8-10(19-14)9-17-7-3-5-12(17)11-4-1-2-6-13(11)18/h8,11-13,18H,1-7,9H2,(H2,15,16). The second-order valence-corrected chi connectivity index (χ2v) is 7.01. The van der Waals surface area contributed by atoms with Crippen LogP contribution in [0.2, 0.25) is 0 Å². The number of hydrogen-bond donors (Lipinski definition) is 2. The van der Waals surface area contributed by atoms with Crippen molar-refractivity contribution in [2.75, 3.05) is 12.3 Å². The summed E-state index contributed by atoms with van der Waals surface area (Å²) < 4.78 is 0. The van der Waals surface area contributed by atoms with E-state index in [4.69, 9.17) is 5.73 Å². The maximum absolute atomic E-state index is 10.3. The highest BCUT2D eigenvalue weighted by atomic mass is 32.1. The van der Waals surface area contributed by atoms with E-state index in [-0.39, 0.29) is 6.10 Å². The molecule has 106 valence electrons. The van der Waals surface area contributed by atoms with E-state index in [1.807, 2.05) is 6.20 Å². The predicted molar refractivity (Wildman–Crippen MR) is 77.9 cm³/mol. The van der Waals surface area contributed by atoms with Crippen molar-refractivity contribution >= 4 is 16.5 Å². The number of nitrogens with two attached hydrogens (primary N) is 1. The number of aliphatic hydroxyl groups excluding tert-OH is 1. The first-order chi connectivity index (χ1) is 9.24. The Labute approximate surface area is 118 Å². The van der Waals surface area contributed by atoms with Gasteiger partial charge in [-0.25, -0.2) is 4.98 Å². The van der Waals surface area contributed by atoms with Crippen molar-refractivity contribution in [1.82, 2.24) is 9.88 Å². The van der Waals surface area contributed by atoms with Crippen LogP contribution >= 0.6 is 11.3 Å². The molecule has 3 N–H and O–H groups in total. The molecule has 1 aromatic heterocycles. The first-order valence-electron chi connectivity index (χ1n) is 7.36. The summed E-state index contributed by atoms with van der Waals surface area (Å²) in [5, 5.41) is 10.9. The summed E-state index contributed by atoms with van der Waals surface area (Å²) in [6.45, 7) is 2.09. The van der Waals surface area contributed by atoms with Crippen molar-refractivity contribution < 1.29 is 5.11 Å². The minimum Gasteiger partial charge on any atom is -0.393 e. The average Bonchev–Trinajstić information content (AvgIpc) is 3.00. The van der Waals surface area contributed by atoms with Gasteiger partial charge in [0.1, 0.15) is 0 Å². The van der Waals surface area contributed by atoms with Gasteiger partial charge >= 0.3 is 0 Å². The molecule has 1 aliphatic heterocycles. The summed E-state index contributed by atoms with van der Waals surface area (Å²) in [6.07, 6.45) is 8.93. The minimum absolute atomic E-state index is 0.0918. The summed E-state index contributed by atoms with van der Waals surface area (Å²) in [4.78, 5) is 7.91. The quantitative estimate of drug-likeness (QED) is 0.892. The van der Waals surface area contributed by atoms with E-state index in [2.05, 4.69) is 9.88 Å². The molecule has 1 aliphatic carbocycles. The fourth-order valence-corrected chi connectivity index (χ4v) is 4.43. The van der Waals surface area contributed by atoms with Gasteiger partial charge in [0.15, 0.2) is 5.13 Å². The van der Waals surface area contributed by atoms with Crippen molar-refractivity contribution in [3.63, 3.8) is 0 Å². The van der Waals surface area contributed by atoms with Gasteiger partial charge < -0.3 is 10.8 Å². The summed E-state index contributed by atoms with van der Waals surface area (Å²) in [5.41, 5.74) is 5.70. The molecule has 0 bridgehead atoms. The van der Waals surface area contributed by atoms with Gasteiger partial charge in [-0.05, 0) is 32.2 Å². The topological polar surface area (TPSA) is 62.4 Å². The largest absolute Gasteiger partial charge is 0.393 e. The number of anilines is 1. The van der Waals surface area contributed by atoms with Gasteiger partial charge in [-0.1, -0.05) is 12.8 Å². The number of aliphatic hydroxyl groups is 1. The second kappa shape index (κ2) is 5.77. The average molecular weight is 281 g/mol. The lowest BCUT2D eigenvalue weighted by atomic mass is 9.80. The monoisotopic (exact) mass is 281 g/mol. The highest BCUT2D eigenvalue weighted by molar-refractivity contribution is 7.15. The van der Waals surface area contributed by atoms with Crippen molar-refractivity contribution in [1.29, 1.82) is 0 Å². The van der Waals surface area contributed by atoms with Crippen LogP contribution in [-0.2, 0) is 6.54 Å². The Balaban J connectivity index is 1.67. The van der Waals surface area contributed by atoms with Gasteiger partial charge in [-0.15, -0.1) is 11.3 Å². The predicted octanol–water partition coefficient (Wildman–Crippen LogP) is 2.24. The van der Waals surface area contributed by atoms with Crippen LogP contribution in [0.5, 0.6) is 0 Å².